The van der Waals surface area contributed by atoms with Gasteiger partial charge in [0, 0.05) is 0 Å². The third kappa shape index (κ3) is 15.1. The van der Waals surface area contributed by atoms with Crippen molar-refractivity contribution < 1.29 is 0 Å². The van der Waals surface area contributed by atoms with E-state index in [0.29, 0.717) is 5.41 Å². The van der Waals surface area contributed by atoms with E-state index >= 15 is 0 Å². The van der Waals surface area contributed by atoms with E-state index in [1.807, 2.05) is 0 Å². The van der Waals surface area contributed by atoms with Gasteiger partial charge in [0.25, 0.3) is 0 Å². The van der Waals surface area contributed by atoms with E-state index < -0.39 is 0 Å². The van der Waals surface area contributed by atoms with Gasteiger partial charge in [-0.05, 0) is 106 Å². The van der Waals surface area contributed by atoms with Crippen molar-refractivity contribution in [1.82, 2.24) is 14.7 Å². The van der Waals surface area contributed by atoms with Gasteiger partial charge in [-0.1, -0.05) is 6.92 Å². The van der Waals surface area contributed by atoms with Crippen LogP contribution in [0, 0.1) is 5.41 Å². The molecule has 0 fully saturated rings. The second-order valence-electron chi connectivity index (χ2n) is 7.53. The summed E-state index contributed by atoms with van der Waals surface area (Å²) in [6, 6.07) is 0. The second kappa shape index (κ2) is 12.9. The topological polar surface area (TPSA) is 9.72 Å². The minimum absolute atomic E-state index is 0. The Morgan fingerprint density at radius 3 is 1.00 bits per heavy atom. The molecule has 0 aromatic carbocycles. The first kappa shape index (κ1) is 23.7. The summed E-state index contributed by atoms with van der Waals surface area (Å²) < 4.78 is 0. The molecule has 0 N–H and O–H groups in total. The first-order valence-corrected chi connectivity index (χ1v) is 8.19. The van der Waals surface area contributed by atoms with Crippen LogP contribution in [0.2, 0.25) is 0 Å². The predicted molar refractivity (Wildman–Crippen MR) is 103 cm³/mol. The van der Waals surface area contributed by atoms with E-state index in [1.165, 1.54) is 58.2 Å². The van der Waals surface area contributed by atoms with Gasteiger partial charge < -0.3 is 14.7 Å². The zero-order chi connectivity index (χ0) is 15.6. The second-order valence-corrected chi connectivity index (χ2v) is 7.53. The van der Waals surface area contributed by atoms with Crippen molar-refractivity contribution in [2.45, 2.75) is 45.4 Å². The molecule has 4 heteroatoms. The Morgan fingerprint density at radius 2 is 0.810 bits per heavy atom. The Hall–Kier alpha value is 0.423. The summed E-state index contributed by atoms with van der Waals surface area (Å²) in [6.07, 6.45) is 8.08. The van der Waals surface area contributed by atoms with Crippen molar-refractivity contribution in [1.29, 1.82) is 0 Å². The third-order valence-electron chi connectivity index (χ3n) is 4.16. The molecule has 0 aliphatic rings. The number of rotatable bonds is 12. The molecule has 0 rings (SSSR count). The molecular weight excluding hydrogens is 319 g/mol. The minimum atomic E-state index is 0. The summed E-state index contributed by atoms with van der Waals surface area (Å²) in [6.45, 7) is 6.17. The van der Waals surface area contributed by atoms with Crippen LogP contribution in [-0.4, -0.2) is 94.2 Å². The van der Waals surface area contributed by atoms with Crippen molar-refractivity contribution in [3.05, 3.63) is 0 Å². The van der Waals surface area contributed by atoms with Crippen molar-refractivity contribution >= 4 is 17.6 Å². The Balaban J connectivity index is 0. The van der Waals surface area contributed by atoms with Crippen molar-refractivity contribution in [2.75, 3.05) is 61.9 Å². The van der Waals surface area contributed by atoms with Crippen LogP contribution in [0.4, 0.5) is 0 Å². The molecule has 0 saturated carbocycles. The molecule has 0 unspecified atom stereocenters. The molecule has 0 heterocycles. The van der Waals surface area contributed by atoms with Gasteiger partial charge in [-0.25, -0.2) is 0 Å². The summed E-state index contributed by atoms with van der Waals surface area (Å²) in [5, 5.41) is 0. The van der Waals surface area contributed by atoms with Gasteiger partial charge in [-0.3, -0.25) is 0 Å². The van der Waals surface area contributed by atoms with Crippen LogP contribution in [0.25, 0.3) is 0 Å². The molecule has 21 heavy (non-hydrogen) atoms. The molecule has 0 aromatic heterocycles. The van der Waals surface area contributed by atoms with Crippen LogP contribution in [-0.2, 0) is 0 Å². The van der Waals surface area contributed by atoms with Gasteiger partial charge in [-0.2, -0.15) is 0 Å². The van der Waals surface area contributed by atoms with Gasteiger partial charge in [0.1, 0.15) is 0 Å². The van der Waals surface area contributed by atoms with Gasteiger partial charge in [0.15, 0.2) is 0 Å². The third-order valence-corrected chi connectivity index (χ3v) is 4.16. The van der Waals surface area contributed by atoms with E-state index in [-0.39, 0.29) is 17.6 Å². The maximum absolute atomic E-state index is 2.51. The van der Waals surface area contributed by atoms with Crippen LogP contribution in [0.3, 0.4) is 0 Å². The Labute approximate surface area is 145 Å². The summed E-state index contributed by atoms with van der Waals surface area (Å²) in [7, 11) is 13.1. The molecule has 0 aromatic rings. The van der Waals surface area contributed by atoms with Crippen molar-refractivity contribution in [3.63, 3.8) is 0 Å². The summed E-state index contributed by atoms with van der Waals surface area (Å²) in [5.41, 5.74) is 0.530. The zero-order valence-corrected chi connectivity index (χ0v) is 15.2. The monoisotopic (exact) mass is 363 g/mol. The van der Waals surface area contributed by atoms with Crippen LogP contribution in [0.5, 0.6) is 0 Å². The quantitative estimate of drug-likeness (QED) is 0.488. The first-order valence-electron chi connectivity index (χ1n) is 8.19. The van der Waals surface area contributed by atoms with Gasteiger partial charge >= 0.3 is 17.6 Å². The summed E-state index contributed by atoms with van der Waals surface area (Å²) >= 11 is 0. The molecule has 0 saturated heterocycles. The fraction of sp³-hybridized carbons (Fsp3) is 1.00. The van der Waals surface area contributed by atoms with E-state index in [2.05, 4.69) is 63.9 Å². The molecule has 0 bridgehead atoms. The SMILES string of the molecule is CN(C)CCCC(C)(CCCN(C)C)CCCN(C)C.[GeH4]. The Morgan fingerprint density at radius 1 is 0.571 bits per heavy atom. The molecule has 0 amide bonds. The standard InChI is InChI=1S/C17H39N3.GeH4/c1-17(11-8-14-18(2)3,12-9-15-19(4)5)13-10-16-20(6)7;/h8-16H2,1-7H3;1H4. The maximum atomic E-state index is 2.51. The predicted octanol–water partition coefficient (Wildman–Crippen LogP) is 1.57. The Kier molecular flexibility index (Phi) is 14.6. The fourth-order valence-electron chi connectivity index (χ4n) is 2.84. The average Bonchev–Trinajstić information content (AvgIpc) is 2.27. The average molecular weight is 362 g/mol. The van der Waals surface area contributed by atoms with Crippen molar-refractivity contribution in [3.8, 4) is 0 Å². The van der Waals surface area contributed by atoms with E-state index in [9.17, 15) is 0 Å². The van der Waals surface area contributed by atoms with Crippen molar-refractivity contribution in [2.24, 2.45) is 5.41 Å². The zero-order valence-electron chi connectivity index (χ0n) is 15.2. The molecular formula is C17H43GeN3. The fourth-order valence-corrected chi connectivity index (χ4v) is 2.84. The summed E-state index contributed by atoms with van der Waals surface area (Å²) in [5.74, 6) is 0. The van der Waals surface area contributed by atoms with E-state index in [0.717, 1.165) is 0 Å². The van der Waals surface area contributed by atoms with E-state index in [1.54, 1.807) is 0 Å². The van der Waals surface area contributed by atoms with E-state index in [4.69, 9.17) is 0 Å². The molecule has 130 valence electrons. The summed E-state index contributed by atoms with van der Waals surface area (Å²) in [4.78, 5) is 6.92. The molecule has 0 radical (unpaired) electrons. The number of nitrogens with zero attached hydrogens (tertiary/aromatic N) is 3. The first-order chi connectivity index (χ1) is 9.25. The van der Waals surface area contributed by atoms with Gasteiger partial charge in [0.2, 0.25) is 0 Å². The van der Waals surface area contributed by atoms with Gasteiger partial charge in [-0.15, -0.1) is 0 Å². The molecule has 0 atom stereocenters. The van der Waals surface area contributed by atoms with Crippen LogP contribution < -0.4 is 0 Å². The van der Waals surface area contributed by atoms with Crippen LogP contribution in [0.15, 0.2) is 0 Å². The van der Waals surface area contributed by atoms with Gasteiger partial charge in [0.05, 0.1) is 0 Å². The van der Waals surface area contributed by atoms with Crippen LogP contribution in [0.1, 0.15) is 45.4 Å². The normalized spacial score (nSPS) is 12.3. The molecule has 0 aliphatic heterocycles. The van der Waals surface area contributed by atoms with Crippen LogP contribution >= 0.6 is 0 Å². The molecule has 0 aliphatic carbocycles. The number of hydrogen-bond donors (Lipinski definition) is 0. The Bertz CT molecular complexity index is 194. The number of hydrogen-bond acceptors (Lipinski definition) is 3. The molecule has 0 spiro atoms. The molecule has 3 nitrogen and oxygen atoms in total.